The van der Waals surface area contributed by atoms with Crippen LogP contribution in [0, 0.1) is 0 Å². The minimum atomic E-state index is -3.04. The molecule has 0 unspecified atom stereocenters. The summed E-state index contributed by atoms with van der Waals surface area (Å²) in [6, 6.07) is 14.3. The molecule has 3 aromatic rings. The number of sulfone groups is 1. The van der Waals surface area contributed by atoms with Crippen molar-refractivity contribution in [3.63, 3.8) is 0 Å². The van der Waals surface area contributed by atoms with E-state index < -0.39 is 9.84 Å². The van der Waals surface area contributed by atoms with E-state index in [-0.39, 0.29) is 11.2 Å². The number of para-hydroxylation sites is 1. The molecule has 0 fully saturated rings. The van der Waals surface area contributed by atoms with Gasteiger partial charge >= 0.3 is 0 Å². The first-order valence-electron chi connectivity index (χ1n) is 12.3. The van der Waals surface area contributed by atoms with E-state index in [4.69, 9.17) is 11.6 Å². The van der Waals surface area contributed by atoms with E-state index >= 15 is 0 Å². The van der Waals surface area contributed by atoms with Crippen LogP contribution in [0.3, 0.4) is 0 Å². The maximum Gasteiger partial charge on any atom is 0.149 e. The van der Waals surface area contributed by atoms with Crippen molar-refractivity contribution in [2.45, 2.75) is 38.6 Å². The SMILES string of the molecule is CC1(C)CCN(CCS(C)(=O)=O)c2cc(Nc3ncnc4c3CCN(c3ccccc3Cl)C4)ccc21. The highest BCUT2D eigenvalue weighted by Crippen LogP contribution is 2.41. The average molecular weight is 526 g/mol. The Balaban J connectivity index is 1.41. The molecular weight excluding hydrogens is 494 g/mol. The van der Waals surface area contributed by atoms with Crippen molar-refractivity contribution in [3.05, 3.63) is 70.6 Å². The fourth-order valence-corrected chi connectivity index (χ4v) is 5.94. The first-order chi connectivity index (χ1) is 17.1. The topological polar surface area (TPSA) is 78.4 Å². The van der Waals surface area contributed by atoms with Gasteiger partial charge in [0.1, 0.15) is 22.0 Å². The van der Waals surface area contributed by atoms with Crippen LogP contribution in [0.4, 0.5) is 22.9 Å². The van der Waals surface area contributed by atoms with Gasteiger partial charge in [0.05, 0.1) is 28.7 Å². The third kappa shape index (κ3) is 5.15. The molecule has 2 aliphatic rings. The lowest BCUT2D eigenvalue weighted by molar-refractivity contribution is 0.456. The zero-order valence-corrected chi connectivity index (χ0v) is 22.5. The van der Waals surface area contributed by atoms with E-state index in [9.17, 15) is 8.42 Å². The smallest absolute Gasteiger partial charge is 0.149 e. The second-order valence-corrected chi connectivity index (χ2v) is 13.0. The molecule has 36 heavy (non-hydrogen) atoms. The van der Waals surface area contributed by atoms with E-state index in [1.165, 1.54) is 11.8 Å². The van der Waals surface area contributed by atoms with E-state index in [0.717, 1.165) is 65.1 Å². The fourth-order valence-electron chi connectivity index (χ4n) is 5.13. The van der Waals surface area contributed by atoms with Crippen LogP contribution in [0.15, 0.2) is 48.8 Å². The Labute approximate surface area is 218 Å². The molecular formula is C27H32ClN5O2S. The zero-order valence-electron chi connectivity index (χ0n) is 21.0. The Morgan fingerprint density at radius 2 is 1.89 bits per heavy atom. The Morgan fingerprint density at radius 3 is 2.67 bits per heavy atom. The molecule has 9 heteroatoms. The summed E-state index contributed by atoms with van der Waals surface area (Å²) in [5, 5.41) is 4.27. The summed E-state index contributed by atoms with van der Waals surface area (Å²) in [7, 11) is -3.04. The molecule has 0 bridgehead atoms. The molecule has 0 aliphatic carbocycles. The molecule has 1 aromatic heterocycles. The molecule has 3 heterocycles. The summed E-state index contributed by atoms with van der Waals surface area (Å²) in [5.41, 5.74) is 6.43. The highest BCUT2D eigenvalue weighted by Gasteiger charge is 2.32. The highest BCUT2D eigenvalue weighted by molar-refractivity contribution is 7.90. The second kappa shape index (κ2) is 9.56. The summed E-state index contributed by atoms with van der Waals surface area (Å²) in [6.07, 6.45) is 4.70. The van der Waals surface area contributed by atoms with Crippen LogP contribution in [-0.2, 0) is 28.2 Å². The zero-order chi connectivity index (χ0) is 25.5. The van der Waals surface area contributed by atoms with Crippen LogP contribution in [-0.4, -0.2) is 50.0 Å². The Hall–Kier alpha value is -2.84. The van der Waals surface area contributed by atoms with Gasteiger partial charge in [-0.2, -0.15) is 0 Å². The van der Waals surface area contributed by atoms with Gasteiger partial charge in [0.25, 0.3) is 0 Å². The van der Waals surface area contributed by atoms with Gasteiger partial charge < -0.3 is 15.1 Å². The monoisotopic (exact) mass is 525 g/mol. The number of aromatic nitrogens is 2. The number of rotatable bonds is 6. The number of halogens is 1. The fraction of sp³-hybridized carbons (Fsp3) is 0.407. The lowest BCUT2D eigenvalue weighted by Gasteiger charge is -2.40. The summed E-state index contributed by atoms with van der Waals surface area (Å²) in [5.74, 6) is 0.961. The molecule has 0 saturated heterocycles. The number of benzene rings is 2. The normalized spacial score (nSPS) is 16.9. The molecule has 0 radical (unpaired) electrons. The van der Waals surface area contributed by atoms with Crippen LogP contribution in [0.1, 0.15) is 37.1 Å². The maximum atomic E-state index is 11.8. The number of hydrogen-bond donors (Lipinski definition) is 1. The number of nitrogens with zero attached hydrogens (tertiary/aromatic N) is 4. The maximum absolute atomic E-state index is 11.8. The average Bonchev–Trinajstić information content (AvgIpc) is 2.83. The van der Waals surface area contributed by atoms with E-state index in [1.807, 2.05) is 24.3 Å². The van der Waals surface area contributed by atoms with Crippen molar-refractivity contribution in [1.82, 2.24) is 9.97 Å². The predicted molar refractivity (Wildman–Crippen MR) is 148 cm³/mol. The van der Waals surface area contributed by atoms with Gasteiger partial charge in [0.2, 0.25) is 0 Å². The van der Waals surface area contributed by atoms with E-state index in [0.29, 0.717) is 13.1 Å². The Bertz CT molecular complexity index is 1390. The van der Waals surface area contributed by atoms with Crippen molar-refractivity contribution in [2.24, 2.45) is 0 Å². The van der Waals surface area contributed by atoms with Crippen LogP contribution < -0.4 is 15.1 Å². The summed E-state index contributed by atoms with van der Waals surface area (Å²) >= 11 is 6.44. The summed E-state index contributed by atoms with van der Waals surface area (Å²) < 4.78 is 23.7. The van der Waals surface area contributed by atoms with Crippen molar-refractivity contribution < 1.29 is 8.42 Å². The highest BCUT2D eigenvalue weighted by atomic mass is 35.5. The lowest BCUT2D eigenvalue weighted by Crippen LogP contribution is -2.39. The summed E-state index contributed by atoms with van der Waals surface area (Å²) in [4.78, 5) is 13.6. The molecule has 7 nitrogen and oxygen atoms in total. The second-order valence-electron chi connectivity index (χ2n) is 10.4. The van der Waals surface area contributed by atoms with Gasteiger partial charge in [-0.05, 0) is 48.1 Å². The molecule has 2 aromatic carbocycles. The molecule has 0 amide bonds. The minimum absolute atomic E-state index is 0.0334. The lowest BCUT2D eigenvalue weighted by atomic mass is 9.77. The molecule has 1 N–H and O–H groups in total. The molecule has 5 rings (SSSR count). The van der Waals surface area contributed by atoms with Gasteiger partial charge in [0, 0.05) is 42.8 Å². The van der Waals surface area contributed by atoms with Gasteiger partial charge in [0.15, 0.2) is 0 Å². The van der Waals surface area contributed by atoms with Crippen LogP contribution in [0.25, 0.3) is 0 Å². The number of nitrogens with one attached hydrogen (secondary N) is 1. The quantitative estimate of drug-likeness (QED) is 0.487. The Morgan fingerprint density at radius 1 is 1.08 bits per heavy atom. The van der Waals surface area contributed by atoms with Crippen molar-refractivity contribution >= 4 is 44.3 Å². The van der Waals surface area contributed by atoms with Gasteiger partial charge in [-0.3, -0.25) is 0 Å². The Kier molecular flexibility index (Phi) is 6.59. The van der Waals surface area contributed by atoms with Crippen molar-refractivity contribution in [1.29, 1.82) is 0 Å². The molecule has 0 atom stereocenters. The summed E-state index contributed by atoms with van der Waals surface area (Å²) in [6.45, 7) is 7.33. The number of hydrogen-bond acceptors (Lipinski definition) is 7. The van der Waals surface area contributed by atoms with Crippen molar-refractivity contribution in [2.75, 3.05) is 46.8 Å². The van der Waals surface area contributed by atoms with Crippen LogP contribution in [0.5, 0.6) is 0 Å². The predicted octanol–water partition coefficient (Wildman–Crippen LogP) is 4.97. The van der Waals surface area contributed by atoms with Gasteiger partial charge in [-0.1, -0.05) is 43.6 Å². The number of anilines is 4. The number of fused-ring (bicyclic) bond motifs is 2. The third-order valence-electron chi connectivity index (χ3n) is 7.27. The van der Waals surface area contributed by atoms with Crippen molar-refractivity contribution in [3.8, 4) is 0 Å². The van der Waals surface area contributed by atoms with Gasteiger partial charge in [-0.15, -0.1) is 0 Å². The van der Waals surface area contributed by atoms with Crippen LogP contribution >= 0.6 is 11.6 Å². The first kappa shape index (κ1) is 24.8. The van der Waals surface area contributed by atoms with Gasteiger partial charge in [-0.25, -0.2) is 18.4 Å². The molecule has 0 spiro atoms. The standard InChI is InChI=1S/C27H32ClN5O2S/c1-27(2)11-13-32(14-15-36(3,34)35)25-16-19(8-9-21(25)27)31-26-20-10-12-33(17-23(20)29-18-30-26)24-7-5-4-6-22(24)28/h4-9,16,18H,10-15,17H2,1-3H3,(H,29,30,31). The minimum Gasteiger partial charge on any atom is -0.370 e. The van der Waals surface area contributed by atoms with Crippen LogP contribution in [0.2, 0.25) is 5.02 Å². The van der Waals surface area contributed by atoms with E-state index in [2.05, 4.69) is 57.1 Å². The third-order valence-corrected chi connectivity index (χ3v) is 8.51. The molecule has 190 valence electrons. The first-order valence-corrected chi connectivity index (χ1v) is 14.7. The molecule has 2 aliphatic heterocycles. The molecule has 0 saturated carbocycles. The van der Waals surface area contributed by atoms with E-state index in [1.54, 1.807) is 6.33 Å². The largest absolute Gasteiger partial charge is 0.370 e.